The summed E-state index contributed by atoms with van der Waals surface area (Å²) in [6, 6.07) is 2.33. The molecule has 4 unspecified atom stereocenters. The van der Waals surface area contributed by atoms with Crippen LogP contribution in [0, 0.1) is 16.7 Å². The lowest BCUT2D eigenvalue weighted by molar-refractivity contribution is -0.000315. The van der Waals surface area contributed by atoms with Gasteiger partial charge in [-0.05, 0) is 122 Å². The highest BCUT2D eigenvalue weighted by atomic mass is 15.2. The summed E-state index contributed by atoms with van der Waals surface area (Å²) >= 11 is 0. The van der Waals surface area contributed by atoms with Crippen molar-refractivity contribution in [2.45, 2.75) is 129 Å². The van der Waals surface area contributed by atoms with Crippen molar-refractivity contribution in [1.82, 2.24) is 9.80 Å². The topological polar surface area (TPSA) is 6.48 Å². The average Bonchev–Trinajstić information content (AvgIpc) is 3.05. The summed E-state index contributed by atoms with van der Waals surface area (Å²) in [6.07, 6.45) is 14.7. The fraction of sp³-hybridized carbons (Fsp3) is 1.00. The van der Waals surface area contributed by atoms with E-state index in [-0.39, 0.29) is 0 Å². The van der Waals surface area contributed by atoms with Gasteiger partial charge in [0, 0.05) is 30.2 Å². The Morgan fingerprint density at radius 1 is 0.963 bits per heavy atom. The molecule has 0 amide bonds. The Labute approximate surface area is 169 Å². The van der Waals surface area contributed by atoms with E-state index in [0.717, 1.165) is 29.5 Å². The van der Waals surface area contributed by atoms with Gasteiger partial charge in [-0.15, -0.1) is 0 Å². The fourth-order valence-corrected chi connectivity index (χ4v) is 7.84. The van der Waals surface area contributed by atoms with Crippen LogP contribution in [0.3, 0.4) is 0 Å². The Bertz CT molecular complexity index is 534. The van der Waals surface area contributed by atoms with Crippen molar-refractivity contribution in [3.05, 3.63) is 0 Å². The van der Waals surface area contributed by atoms with Crippen molar-refractivity contribution in [3.63, 3.8) is 0 Å². The van der Waals surface area contributed by atoms with Crippen LogP contribution >= 0.6 is 0 Å². The standard InChI is InChI=1S/C25H46N2/c1-7-22-16-25(18-26(22)19(2)3)9-8-21(15-25)14-20(4)27-13-12-24(10-11-24)17-23(27,5)6/h19-22H,7-18H2,1-6H3. The van der Waals surface area contributed by atoms with Crippen molar-refractivity contribution < 1.29 is 0 Å². The lowest BCUT2D eigenvalue weighted by Crippen LogP contribution is -2.54. The summed E-state index contributed by atoms with van der Waals surface area (Å²) in [5.41, 5.74) is 1.83. The van der Waals surface area contributed by atoms with E-state index in [9.17, 15) is 0 Å². The summed E-state index contributed by atoms with van der Waals surface area (Å²) in [4.78, 5) is 5.72. The number of likely N-dealkylation sites (tertiary alicyclic amines) is 2. The zero-order valence-electron chi connectivity index (χ0n) is 19.2. The minimum atomic E-state index is 0.416. The summed E-state index contributed by atoms with van der Waals surface area (Å²) in [6.45, 7) is 17.5. The summed E-state index contributed by atoms with van der Waals surface area (Å²) < 4.78 is 0. The van der Waals surface area contributed by atoms with Gasteiger partial charge >= 0.3 is 0 Å². The molecular weight excluding hydrogens is 328 g/mol. The monoisotopic (exact) mass is 374 g/mol. The Balaban J connectivity index is 1.34. The number of hydrogen-bond donors (Lipinski definition) is 0. The fourth-order valence-electron chi connectivity index (χ4n) is 7.84. The van der Waals surface area contributed by atoms with Crippen LogP contribution in [-0.2, 0) is 0 Å². The first-order chi connectivity index (χ1) is 12.7. The van der Waals surface area contributed by atoms with E-state index in [1.807, 2.05) is 0 Å². The molecule has 2 heteroatoms. The zero-order valence-corrected chi connectivity index (χ0v) is 19.2. The van der Waals surface area contributed by atoms with Crippen LogP contribution in [-0.4, -0.2) is 46.6 Å². The second-order valence-electron chi connectivity index (χ2n) is 12.2. The first kappa shape index (κ1) is 20.2. The van der Waals surface area contributed by atoms with Crippen molar-refractivity contribution in [3.8, 4) is 0 Å². The van der Waals surface area contributed by atoms with Crippen molar-refractivity contribution >= 4 is 0 Å². The summed E-state index contributed by atoms with van der Waals surface area (Å²) in [7, 11) is 0. The minimum Gasteiger partial charge on any atom is -0.297 e. The molecular formula is C25H46N2. The SMILES string of the molecule is CCC1CC2(CCC(CC(C)N3CCC4(CC4)CC3(C)C)C2)CN1C(C)C. The maximum Gasteiger partial charge on any atom is 0.0161 e. The van der Waals surface area contributed by atoms with Crippen molar-refractivity contribution in [2.75, 3.05) is 13.1 Å². The molecule has 0 aromatic rings. The van der Waals surface area contributed by atoms with E-state index in [4.69, 9.17) is 0 Å². The van der Waals surface area contributed by atoms with Gasteiger partial charge in [-0.1, -0.05) is 6.92 Å². The molecule has 0 aromatic carbocycles. The van der Waals surface area contributed by atoms with Crippen LogP contribution in [0.1, 0.15) is 106 Å². The second-order valence-corrected chi connectivity index (χ2v) is 12.2. The zero-order chi connectivity index (χ0) is 19.4. The molecule has 2 heterocycles. The van der Waals surface area contributed by atoms with Gasteiger partial charge in [0.1, 0.15) is 0 Å². The highest BCUT2D eigenvalue weighted by molar-refractivity contribution is 5.06. The first-order valence-electron chi connectivity index (χ1n) is 12.2. The number of rotatable bonds is 5. The molecule has 4 aliphatic rings. The van der Waals surface area contributed by atoms with Crippen molar-refractivity contribution in [2.24, 2.45) is 16.7 Å². The van der Waals surface area contributed by atoms with Gasteiger partial charge in [-0.25, -0.2) is 0 Å². The van der Waals surface area contributed by atoms with Gasteiger partial charge in [-0.2, -0.15) is 0 Å². The van der Waals surface area contributed by atoms with Crippen LogP contribution in [0.4, 0.5) is 0 Å². The molecule has 2 saturated heterocycles. The third-order valence-corrected chi connectivity index (χ3v) is 9.23. The Hall–Kier alpha value is -0.0800. The second kappa shape index (κ2) is 7.01. The highest BCUT2D eigenvalue weighted by Gasteiger charge is 2.52. The molecule has 156 valence electrons. The Morgan fingerprint density at radius 3 is 2.26 bits per heavy atom. The first-order valence-corrected chi connectivity index (χ1v) is 12.2. The molecule has 0 N–H and O–H groups in total. The smallest absolute Gasteiger partial charge is 0.0161 e. The molecule has 2 saturated carbocycles. The van der Waals surface area contributed by atoms with E-state index >= 15 is 0 Å². The molecule has 4 rings (SSSR count). The average molecular weight is 375 g/mol. The maximum absolute atomic E-state index is 2.89. The molecule has 2 aliphatic heterocycles. The summed E-state index contributed by atoms with van der Waals surface area (Å²) in [5.74, 6) is 0.970. The largest absolute Gasteiger partial charge is 0.297 e. The normalized spacial score (nSPS) is 39.7. The van der Waals surface area contributed by atoms with Crippen molar-refractivity contribution in [1.29, 1.82) is 0 Å². The van der Waals surface area contributed by atoms with Crippen LogP contribution in [0.2, 0.25) is 0 Å². The predicted molar refractivity (Wildman–Crippen MR) is 116 cm³/mol. The molecule has 27 heavy (non-hydrogen) atoms. The summed E-state index contributed by atoms with van der Waals surface area (Å²) in [5, 5.41) is 0. The van der Waals surface area contributed by atoms with E-state index < -0.39 is 0 Å². The van der Waals surface area contributed by atoms with Crippen LogP contribution in [0.25, 0.3) is 0 Å². The van der Waals surface area contributed by atoms with Gasteiger partial charge in [0.15, 0.2) is 0 Å². The molecule has 2 aliphatic carbocycles. The molecule has 0 aromatic heterocycles. The molecule has 0 radical (unpaired) electrons. The van der Waals surface area contributed by atoms with Crippen LogP contribution < -0.4 is 0 Å². The number of nitrogens with zero attached hydrogens (tertiary/aromatic N) is 2. The van der Waals surface area contributed by atoms with Gasteiger partial charge in [-0.3, -0.25) is 9.80 Å². The van der Waals surface area contributed by atoms with Gasteiger partial charge < -0.3 is 0 Å². The Kier molecular flexibility index (Phi) is 5.25. The highest BCUT2D eigenvalue weighted by Crippen LogP contribution is 2.58. The van der Waals surface area contributed by atoms with Crippen LogP contribution in [0.5, 0.6) is 0 Å². The molecule has 0 bridgehead atoms. The molecule has 4 fully saturated rings. The number of piperidine rings is 1. The van der Waals surface area contributed by atoms with Crippen LogP contribution in [0.15, 0.2) is 0 Å². The number of hydrogen-bond acceptors (Lipinski definition) is 2. The van der Waals surface area contributed by atoms with E-state index in [0.29, 0.717) is 11.0 Å². The van der Waals surface area contributed by atoms with E-state index in [1.54, 1.807) is 0 Å². The third kappa shape index (κ3) is 3.87. The van der Waals surface area contributed by atoms with E-state index in [1.165, 1.54) is 77.3 Å². The molecule has 4 atom stereocenters. The third-order valence-electron chi connectivity index (χ3n) is 9.23. The predicted octanol–water partition coefficient (Wildman–Crippen LogP) is 6.10. The lowest BCUT2D eigenvalue weighted by Gasteiger charge is -2.49. The maximum atomic E-state index is 2.89. The molecule has 2 nitrogen and oxygen atoms in total. The molecule has 2 spiro atoms. The van der Waals surface area contributed by atoms with Gasteiger partial charge in [0.05, 0.1) is 0 Å². The van der Waals surface area contributed by atoms with Gasteiger partial charge in [0.2, 0.25) is 0 Å². The quantitative estimate of drug-likeness (QED) is 0.574. The minimum absolute atomic E-state index is 0.416. The van der Waals surface area contributed by atoms with Gasteiger partial charge in [0.25, 0.3) is 0 Å². The van der Waals surface area contributed by atoms with E-state index in [2.05, 4.69) is 51.3 Å². The lowest BCUT2D eigenvalue weighted by atomic mass is 9.78. The Morgan fingerprint density at radius 2 is 1.70 bits per heavy atom.